The highest BCUT2D eigenvalue weighted by Crippen LogP contribution is 2.31. The lowest BCUT2D eigenvalue weighted by Crippen LogP contribution is -2.42. The van der Waals surface area contributed by atoms with Gasteiger partial charge in [-0.2, -0.15) is 8.78 Å². The van der Waals surface area contributed by atoms with E-state index in [-0.39, 0.29) is 17.3 Å². The van der Waals surface area contributed by atoms with E-state index < -0.39 is 23.3 Å². The molecule has 0 aliphatic heterocycles. The highest BCUT2D eigenvalue weighted by molar-refractivity contribution is 6.31. The fraction of sp³-hybridized carbons (Fsp3) is 0.214. The normalized spacial score (nSPS) is 11.3. The van der Waals surface area contributed by atoms with E-state index in [4.69, 9.17) is 11.6 Å². The van der Waals surface area contributed by atoms with Gasteiger partial charge in [-0.1, -0.05) is 11.6 Å². The molecule has 0 bridgehead atoms. The molecule has 1 amide bonds. The SMILES string of the molecule is CCN(C(=O)C(F)(F)c1cnccn1)c1ccc(F)c(Cl)c1. The van der Waals surface area contributed by atoms with E-state index in [1.165, 1.54) is 19.2 Å². The van der Waals surface area contributed by atoms with Crippen molar-refractivity contribution in [2.24, 2.45) is 0 Å². The van der Waals surface area contributed by atoms with E-state index in [0.717, 1.165) is 29.4 Å². The average Bonchev–Trinajstić information content (AvgIpc) is 2.52. The maximum atomic E-state index is 14.3. The second-order valence-corrected chi connectivity index (χ2v) is 4.72. The molecule has 0 unspecified atom stereocenters. The van der Waals surface area contributed by atoms with Crippen molar-refractivity contribution in [3.63, 3.8) is 0 Å². The summed E-state index contributed by atoms with van der Waals surface area (Å²) in [5.41, 5.74) is -0.686. The number of rotatable bonds is 4. The summed E-state index contributed by atoms with van der Waals surface area (Å²) in [5, 5.41) is -0.258. The Morgan fingerprint density at radius 2 is 2.09 bits per heavy atom. The second kappa shape index (κ2) is 6.31. The molecule has 2 aromatic rings. The molecular formula is C14H11ClF3N3O. The van der Waals surface area contributed by atoms with Gasteiger partial charge in [-0.3, -0.25) is 14.8 Å². The highest BCUT2D eigenvalue weighted by Gasteiger charge is 2.45. The van der Waals surface area contributed by atoms with Crippen LogP contribution in [0, 0.1) is 5.82 Å². The summed E-state index contributed by atoms with van der Waals surface area (Å²) in [4.78, 5) is 20.0. The molecule has 0 saturated carbocycles. The van der Waals surface area contributed by atoms with E-state index in [1.807, 2.05) is 0 Å². The van der Waals surface area contributed by atoms with Crippen LogP contribution in [-0.4, -0.2) is 22.4 Å². The Bertz CT molecular complexity index is 682. The van der Waals surface area contributed by atoms with Crippen molar-refractivity contribution in [1.29, 1.82) is 0 Å². The molecule has 1 aromatic heterocycles. The van der Waals surface area contributed by atoms with Gasteiger partial charge in [0, 0.05) is 24.6 Å². The number of likely N-dealkylation sites (N-methyl/N-ethyl adjacent to an activating group) is 1. The Morgan fingerprint density at radius 3 is 2.64 bits per heavy atom. The van der Waals surface area contributed by atoms with Gasteiger partial charge in [0.2, 0.25) is 0 Å². The molecule has 1 heterocycles. The first kappa shape index (κ1) is 16.2. The zero-order valence-corrected chi connectivity index (χ0v) is 12.2. The summed E-state index contributed by atoms with van der Waals surface area (Å²) >= 11 is 5.63. The minimum atomic E-state index is -3.86. The van der Waals surface area contributed by atoms with Crippen molar-refractivity contribution in [2.45, 2.75) is 12.8 Å². The lowest BCUT2D eigenvalue weighted by atomic mass is 10.2. The smallest absolute Gasteiger partial charge is 0.307 e. The number of amides is 1. The van der Waals surface area contributed by atoms with Crippen molar-refractivity contribution in [1.82, 2.24) is 9.97 Å². The summed E-state index contributed by atoms with van der Waals surface area (Å²) < 4.78 is 41.7. The highest BCUT2D eigenvalue weighted by atomic mass is 35.5. The van der Waals surface area contributed by atoms with Gasteiger partial charge < -0.3 is 4.90 Å². The van der Waals surface area contributed by atoms with Gasteiger partial charge in [0.15, 0.2) is 0 Å². The fourth-order valence-electron chi connectivity index (χ4n) is 1.84. The molecule has 0 saturated heterocycles. The van der Waals surface area contributed by atoms with Crippen LogP contribution in [0.4, 0.5) is 18.9 Å². The number of carbonyl (C=O) groups is 1. The zero-order valence-electron chi connectivity index (χ0n) is 11.4. The number of hydrogen-bond donors (Lipinski definition) is 0. The molecule has 0 N–H and O–H groups in total. The molecule has 8 heteroatoms. The lowest BCUT2D eigenvalue weighted by Gasteiger charge is -2.25. The standard InChI is InChI=1S/C14H11ClF3N3O/c1-2-21(9-3-4-11(16)10(15)7-9)13(22)14(17,18)12-8-19-5-6-20-12/h3-8H,2H2,1H3. The first-order valence-corrected chi connectivity index (χ1v) is 6.67. The third-order valence-corrected chi connectivity index (χ3v) is 3.22. The van der Waals surface area contributed by atoms with Gasteiger partial charge in [0.25, 0.3) is 0 Å². The fourth-order valence-corrected chi connectivity index (χ4v) is 2.01. The van der Waals surface area contributed by atoms with Crippen LogP contribution in [0.3, 0.4) is 0 Å². The summed E-state index contributed by atoms with van der Waals surface area (Å²) in [5.74, 6) is -6.04. The van der Waals surface area contributed by atoms with Crippen LogP contribution in [-0.2, 0) is 10.7 Å². The number of benzene rings is 1. The molecular weight excluding hydrogens is 319 g/mol. The van der Waals surface area contributed by atoms with Gasteiger partial charge in [0.05, 0.1) is 11.2 Å². The van der Waals surface area contributed by atoms with Crippen LogP contribution in [0.5, 0.6) is 0 Å². The van der Waals surface area contributed by atoms with Crippen molar-refractivity contribution in [2.75, 3.05) is 11.4 Å². The van der Waals surface area contributed by atoms with Crippen LogP contribution >= 0.6 is 11.6 Å². The van der Waals surface area contributed by atoms with Gasteiger partial charge >= 0.3 is 11.8 Å². The Kier molecular flexibility index (Phi) is 4.65. The molecule has 0 spiro atoms. The minimum Gasteiger partial charge on any atom is -0.307 e. The van der Waals surface area contributed by atoms with E-state index in [2.05, 4.69) is 9.97 Å². The van der Waals surface area contributed by atoms with E-state index >= 15 is 0 Å². The van der Waals surface area contributed by atoms with Crippen LogP contribution in [0.2, 0.25) is 5.02 Å². The van der Waals surface area contributed by atoms with Crippen molar-refractivity contribution >= 4 is 23.2 Å². The molecule has 4 nitrogen and oxygen atoms in total. The first-order valence-electron chi connectivity index (χ1n) is 6.29. The summed E-state index contributed by atoms with van der Waals surface area (Å²) in [6.07, 6.45) is 3.12. The maximum absolute atomic E-state index is 14.3. The number of halogens is 4. The van der Waals surface area contributed by atoms with Gasteiger partial charge in [0.1, 0.15) is 11.5 Å². The average molecular weight is 330 g/mol. The number of hydrogen-bond acceptors (Lipinski definition) is 3. The third-order valence-electron chi connectivity index (χ3n) is 2.93. The van der Waals surface area contributed by atoms with E-state index in [9.17, 15) is 18.0 Å². The molecule has 0 radical (unpaired) electrons. The molecule has 1 aromatic carbocycles. The third kappa shape index (κ3) is 3.04. The number of alkyl halides is 2. The van der Waals surface area contributed by atoms with E-state index in [0.29, 0.717) is 0 Å². The predicted octanol–water partition coefficient (Wildman–Crippen LogP) is 3.41. The van der Waals surface area contributed by atoms with Crippen LogP contribution in [0.1, 0.15) is 12.6 Å². The Morgan fingerprint density at radius 1 is 1.36 bits per heavy atom. The second-order valence-electron chi connectivity index (χ2n) is 4.31. The quantitative estimate of drug-likeness (QED) is 0.863. The summed E-state index contributed by atoms with van der Waals surface area (Å²) in [6.45, 7) is 1.47. The van der Waals surface area contributed by atoms with Crippen molar-refractivity contribution in [3.05, 3.63) is 53.3 Å². The monoisotopic (exact) mass is 329 g/mol. The van der Waals surface area contributed by atoms with E-state index in [1.54, 1.807) is 0 Å². The largest absolute Gasteiger partial charge is 0.368 e. The lowest BCUT2D eigenvalue weighted by molar-refractivity contribution is -0.144. The number of aromatic nitrogens is 2. The Labute approximate surface area is 129 Å². The Hall–Kier alpha value is -2.15. The molecule has 22 heavy (non-hydrogen) atoms. The first-order chi connectivity index (χ1) is 10.4. The van der Waals surface area contributed by atoms with Gasteiger partial charge in [-0.05, 0) is 25.1 Å². The number of carbonyl (C=O) groups excluding carboxylic acids is 1. The maximum Gasteiger partial charge on any atom is 0.368 e. The van der Waals surface area contributed by atoms with Gasteiger partial charge in [-0.25, -0.2) is 4.39 Å². The van der Waals surface area contributed by atoms with Crippen molar-refractivity contribution in [3.8, 4) is 0 Å². The topological polar surface area (TPSA) is 46.1 Å². The Balaban J connectivity index is 2.38. The molecule has 2 rings (SSSR count). The zero-order chi connectivity index (χ0) is 16.3. The molecule has 116 valence electrons. The molecule has 0 aliphatic carbocycles. The number of nitrogens with zero attached hydrogens (tertiary/aromatic N) is 3. The van der Waals surface area contributed by atoms with Crippen molar-refractivity contribution < 1.29 is 18.0 Å². The van der Waals surface area contributed by atoms with Crippen LogP contribution < -0.4 is 4.90 Å². The molecule has 0 atom stereocenters. The molecule has 0 aliphatic rings. The summed E-state index contributed by atoms with van der Waals surface area (Å²) in [6, 6.07) is 3.33. The van der Waals surface area contributed by atoms with Gasteiger partial charge in [-0.15, -0.1) is 0 Å². The number of anilines is 1. The molecule has 0 fully saturated rings. The predicted molar refractivity (Wildman–Crippen MR) is 75.4 cm³/mol. The van der Waals surface area contributed by atoms with Crippen LogP contribution in [0.15, 0.2) is 36.8 Å². The van der Waals surface area contributed by atoms with Crippen LogP contribution in [0.25, 0.3) is 0 Å². The summed E-state index contributed by atoms with van der Waals surface area (Å²) in [7, 11) is 0. The minimum absolute atomic E-state index is 0.0450.